The van der Waals surface area contributed by atoms with Crippen LogP contribution in [0.1, 0.15) is 24.1 Å². The highest BCUT2D eigenvalue weighted by Crippen LogP contribution is 2.24. The van der Waals surface area contributed by atoms with Gasteiger partial charge in [0, 0.05) is 25.3 Å². The first-order valence-corrected chi connectivity index (χ1v) is 10.2. The Morgan fingerprint density at radius 1 is 1.07 bits per heavy atom. The highest BCUT2D eigenvalue weighted by atomic mass is 35.5. The monoisotopic (exact) mass is 416 g/mol. The molecule has 4 rings (SSSR count). The average Bonchev–Trinajstić information content (AvgIpc) is 3.36. The fourth-order valence-corrected chi connectivity index (χ4v) is 3.67. The van der Waals surface area contributed by atoms with Gasteiger partial charge in [0.05, 0.1) is 22.7 Å². The van der Waals surface area contributed by atoms with Crippen molar-refractivity contribution in [2.24, 2.45) is 0 Å². The van der Waals surface area contributed by atoms with Gasteiger partial charge < -0.3 is 10.1 Å². The number of benzene rings is 2. The van der Waals surface area contributed by atoms with Crippen molar-refractivity contribution in [3.05, 3.63) is 69.8 Å². The Balaban J connectivity index is 1.53. The first-order valence-electron chi connectivity index (χ1n) is 9.45. The van der Waals surface area contributed by atoms with Gasteiger partial charge in [-0.3, -0.25) is 0 Å². The molecule has 1 aromatic heterocycles. The van der Waals surface area contributed by atoms with Gasteiger partial charge in [-0.05, 0) is 30.5 Å². The van der Waals surface area contributed by atoms with Gasteiger partial charge in [-0.15, -0.1) is 0 Å². The van der Waals surface area contributed by atoms with Crippen LogP contribution in [0, 0.1) is 0 Å². The van der Waals surface area contributed by atoms with Crippen LogP contribution in [0.2, 0.25) is 10.0 Å². The first kappa shape index (κ1) is 19.4. The van der Waals surface area contributed by atoms with Crippen molar-refractivity contribution in [2.45, 2.75) is 32.0 Å². The number of hydrogen-bond acceptors (Lipinski definition) is 4. The van der Waals surface area contributed by atoms with Crippen molar-refractivity contribution < 1.29 is 4.74 Å². The van der Waals surface area contributed by atoms with Crippen molar-refractivity contribution in [3.63, 3.8) is 0 Å². The minimum Gasteiger partial charge on any atom is -0.377 e. The van der Waals surface area contributed by atoms with Crippen molar-refractivity contribution in [2.75, 3.05) is 13.2 Å². The second-order valence-corrected chi connectivity index (χ2v) is 7.72. The normalized spacial score (nSPS) is 16.6. The Morgan fingerprint density at radius 2 is 1.93 bits per heavy atom. The van der Waals surface area contributed by atoms with E-state index in [9.17, 15) is 0 Å². The van der Waals surface area contributed by atoms with Crippen LogP contribution in [0.25, 0.3) is 11.3 Å². The Kier molecular flexibility index (Phi) is 6.27. The highest BCUT2D eigenvalue weighted by Gasteiger charge is 2.17. The van der Waals surface area contributed by atoms with Crippen molar-refractivity contribution in [3.8, 4) is 11.3 Å². The minimum atomic E-state index is 0.298. The zero-order chi connectivity index (χ0) is 19.3. The van der Waals surface area contributed by atoms with Gasteiger partial charge >= 0.3 is 0 Å². The highest BCUT2D eigenvalue weighted by molar-refractivity contribution is 6.42. The molecular formula is C21H22Cl2N4O. The van der Waals surface area contributed by atoms with Gasteiger partial charge in [0.25, 0.3) is 0 Å². The molecule has 5 nitrogen and oxygen atoms in total. The second-order valence-electron chi connectivity index (χ2n) is 6.91. The van der Waals surface area contributed by atoms with Crippen LogP contribution in [0.4, 0.5) is 0 Å². The lowest BCUT2D eigenvalue weighted by Gasteiger charge is -2.10. The molecule has 0 bridgehead atoms. The second kappa shape index (κ2) is 9.05. The SMILES string of the molecule is Clc1ccc(Cn2nc(CNC[C@H]3CCCO3)c(-c3ccccc3)n2)cc1Cl. The van der Waals surface area contributed by atoms with E-state index in [0.717, 1.165) is 48.5 Å². The largest absolute Gasteiger partial charge is 0.377 e. The van der Waals surface area contributed by atoms with E-state index in [1.807, 2.05) is 30.3 Å². The summed E-state index contributed by atoms with van der Waals surface area (Å²) < 4.78 is 5.68. The van der Waals surface area contributed by atoms with Gasteiger partial charge in [0.2, 0.25) is 0 Å². The summed E-state index contributed by atoms with van der Waals surface area (Å²) >= 11 is 12.2. The maximum atomic E-state index is 6.14. The molecule has 2 heterocycles. The Bertz CT molecular complexity index is 923. The summed E-state index contributed by atoms with van der Waals surface area (Å²) in [5.74, 6) is 0. The molecule has 0 saturated carbocycles. The summed E-state index contributed by atoms with van der Waals surface area (Å²) in [6.07, 6.45) is 2.55. The molecular weight excluding hydrogens is 395 g/mol. The van der Waals surface area contributed by atoms with Crippen molar-refractivity contribution in [1.82, 2.24) is 20.3 Å². The van der Waals surface area contributed by atoms with E-state index in [4.69, 9.17) is 38.1 Å². The summed E-state index contributed by atoms with van der Waals surface area (Å²) in [4.78, 5) is 1.71. The van der Waals surface area contributed by atoms with Crippen molar-refractivity contribution >= 4 is 23.2 Å². The minimum absolute atomic E-state index is 0.298. The van der Waals surface area contributed by atoms with Crippen LogP contribution < -0.4 is 5.32 Å². The summed E-state index contributed by atoms with van der Waals surface area (Å²) in [7, 11) is 0. The lowest BCUT2D eigenvalue weighted by molar-refractivity contribution is 0.110. The Hall–Kier alpha value is -1.92. The molecule has 1 aliphatic rings. The molecule has 0 aliphatic carbocycles. The Labute approximate surface area is 174 Å². The first-order chi connectivity index (χ1) is 13.7. The quantitative estimate of drug-likeness (QED) is 0.612. The zero-order valence-corrected chi connectivity index (χ0v) is 17.0. The maximum Gasteiger partial charge on any atom is 0.117 e. The molecule has 1 N–H and O–H groups in total. The third-order valence-corrected chi connectivity index (χ3v) is 5.51. The molecule has 1 aliphatic heterocycles. The number of nitrogens with zero attached hydrogens (tertiary/aromatic N) is 3. The summed E-state index contributed by atoms with van der Waals surface area (Å²) in [6.45, 7) is 2.86. The molecule has 146 valence electrons. The molecule has 2 aromatic carbocycles. The number of nitrogens with one attached hydrogen (secondary N) is 1. The lowest BCUT2D eigenvalue weighted by Crippen LogP contribution is -2.26. The van der Waals surface area contributed by atoms with Gasteiger partial charge in [0.15, 0.2) is 0 Å². The average molecular weight is 417 g/mol. The predicted molar refractivity (Wildman–Crippen MR) is 112 cm³/mol. The predicted octanol–water partition coefficient (Wildman–Crippen LogP) is 4.57. The maximum absolute atomic E-state index is 6.14. The van der Waals surface area contributed by atoms with E-state index in [-0.39, 0.29) is 0 Å². The molecule has 28 heavy (non-hydrogen) atoms. The smallest absolute Gasteiger partial charge is 0.117 e. The molecule has 3 aromatic rings. The Morgan fingerprint density at radius 3 is 2.68 bits per heavy atom. The summed E-state index contributed by atoms with van der Waals surface area (Å²) in [6, 6.07) is 15.7. The third-order valence-electron chi connectivity index (χ3n) is 4.77. The van der Waals surface area contributed by atoms with E-state index in [0.29, 0.717) is 29.2 Å². The lowest BCUT2D eigenvalue weighted by atomic mass is 10.1. The van der Waals surface area contributed by atoms with Crippen LogP contribution in [0.15, 0.2) is 48.5 Å². The number of ether oxygens (including phenoxy) is 1. The summed E-state index contributed by atoms with van der Waals surface area (Å²) in [5.41, 5.74) is 3.87. The fourth-order valence-electron chi connectivity index (χ4n) is 3.35. The summed E-state index contributed by atoms with van der Waals surface area (Å²) in [5, 5.41) is 14.0. The van der Waals surface area contributed by atoms with Crippen LogP contribution in [-0.4, -0.2) is 34.2 Å². The number of hydrogen-bond donors (Lipinski definition) is 1. The molecule has 1 saturated heterocycles. The van der Waals surface area contributed by atoms with E-state index >= 15 is 0 Å². The standard InChI is InChI=1S/C21H22Cl2N4O/c22-18-9-8-15(11-19(18)23)14-27-25-20(13-24-12-17-7-4-10-28-17)21(26-27)16-5-2-1-3-6-16/h1-3,5-6,8-9,11,17,24H,4,7,10,12-14H2/t17-/m1/s1. The van der Waals surface area contributed by atoms with Crippen LogP contribution >= 0.6 is 23.2 Å². The molecule has 1 atom stereocenters. The zero-order valence-electron chi connectivity index (χ0n) is 15.4. The van der Waals surface area contributed by atoms with E-state index < -0.39 is 0 Å². The number of aromatic nitrogens is 3. The topological polar surface area (TPSA) is 52.0 Å². The van der Waals surface area contributed by atoms with Crippen LogP contribution in [-0.2, 0) is 17.8 Å². The molecule has 0 amide bonds. The number of halogens is 2. The van der Waals surface area contributed by atoms with E-state index in [1.165, 1.54) is 0 Å². The molecule has 0 spiro atoms. The fraction of sp³-hybridized carbons (Fsp3) is 0.333. The molecule has 0 unspecified atom stereocenters. The molecule has 7 heteroatoms. The van der Waals surface area contributed by atoms with E-state index in [2.05, 4.69) is 17.4 Å². The third kappa shape index (κ3) is 4.73. The molecule has 0 radical (unpaired) electrons. The van der Waals surface area contributed by atoms with Gasteiger partial charge in [-0.2, -0.15) is 15.0 Å². The van der Waals surface area contributed by atoms with Crippen LogP contribution in [0.5, 0.6) is 0 Å². The van der Waals surface area contributed by atoms with Gasteiger partial charge in [-0.25, -0.2) is 0 Å². The molecule has 1 fully saturated rings. The van der Waals surface area contributed by atoms with Crippen LogP contribution in [0.3, 0.4) is 0 Å². The van der Waals surface area contributed by atoms with Gasteiger partial charge in [-0.1, -0.05) is 59.6 Å². The number of rotatable bonds is 7. The van der Waals surface area contributed by atoms with E-state index in [1.54, 1.807) is 10.9 Å². The van der Waals surface area contributed by atoms with Crippen molar-refractivity contribution in [1.29, 1.82) is 0 Å². The van der Waals surface area contributed by atoms with Gasteiger partial charge in [0.1, 0.15) is 11.4 Å².